The van der Waals surface area contributed by atoms with E-state index < -0.39 is 0 Å². The number of imidazole rings is 2. The highest BCUT2D eigenvalue weighted by molar-refractivity contribution is 5.76. The molecule has 0 bridgehead atoms. The van der Waals surface area contributed by atoms with Gasteiger partial charge in [0.1, 0.15) is 11.6 Å². The number of nitrogens with one attached hydrogen (secondary N) is 1. The second kappa shape index (κ2) is 5.52. The predicted octanol–water partition coefficient (Wildman–Crippen LogP) is 2.75. The minimum Gasteiger partial charge on any atom is -0.330 e. The molecule has 0 saturated carbocycles. The molecule has 0 aliphatic carbocycles. The van der Waals surface area contributed by atoms with Crippen molar-refractivity contribution in [2.75, 3.05) is 0 Å². The van der Waals surface area contributed by atoms with Gasteiger partial charge in [0.15, 0.2) is 0 Å². The summed E-state index contributed by atoms with van der Waals surface area (Å²) in [5.41, 5.74) is 4.39. The molecule has 5 nitrogen and oxygen atoms in total. The van der Waals surface area contributed by atoms with Crippen molar-refractivity contribution in [2.45, 2.75) is 13.1 Å². The number of hydrogen-bond acceptors (Lipinski definition) is 3. The first kappa shape index (κ1) is 14.0. The molecule has 0 aliphatic rings. The maximum absolute atomic E-state index is 4.68. The van der Waals surface area contributed by atoms with Crippen molar-refractivity contribution < 1.29 is 0 Å². The third kappa shape index (κ3) is 2.39. The Kier molecular flexibility index (Phi) is 3.35. The quantitative estimate of drug-likeness (QED) is 0.630. The van der Waals surface area contributed by atoms with E-state index in [2.05, 4.69) is 50.6 Å². The van der Waals surface area contributed by atoms with Crippen LogP contribution in [-0.2, 0) is 27.2 Å². The fourth-order valence-corrected chi connectivity index (χ4v) is 2.99. The summed E-state index contributed by atoms with van der Waals surface area (Å²) in [4.78, 5) is 9.36. The molecule has 0 unspecified atom stereocenters. The number of aryl methyl sites for hydroxylation is 2. The van der Waals surface area contributed by atoms with Crippen molar-refractivity contribution in [2.24, 2.45) is 14.1 Å². The molecule has 1 N–H and O–H groups in total. The molecule has 2 aromatic heterocycles. The molecule has 2 heterocycles. The van der Waals surface area contributed by atoms with Crippen molar-refractivity contribution in [3.8, 4) is 0 Å². The fourth-order valence-electron chi connectivity index (χ4n) is 2.99. The van der Waals surface area contributed by atoms with Gasteiger partial charge in [-0.05, 0) is 24.3 Å². The number of nitrogens with zero attached hydrogens (tertiary/aromatic N) is 4. The molecule has 0 saturated heterocycles. The smallest absolute Gasteiger partial charge is 0.123 e. The fraction of sp³-hybridized carbons (Fsp3) is 0.222. The second-order valence-electron chi connectivity index (χ2n) is 5.76. The third-order valence-corrected chi connectivity index (χ3v) is 4.33. The van der Waals surface area contributed by atoms with E-state index in [0.29, 0.717) is 13.1 Å². The lowest BCUT2D eigenvalue weighted by atomic mass is 10.3. The number of benzene rings is 2. The zero-order valence-corrected chi connectivity index (χ0v) is 13.3. The number of fused-ring (bicyclic) bond motifs is 2. The third-order valence-electron chi connectivity index (χ3n) is 4.33. The van der Waals surface area contributed by atoms with Crippen molar-refractivity contribution >= 4 is 22.1 Å². The minimum atomic E-state index is 0.717. The first-order chi connectivity index (χ1) is 11.2. The van der Waals surface area contributed by atoms with E-state index in [1.54, 1.807) is 0 Å². The second-order valence-corrected chi connectivity index (χ2v) is 5.76. The molecule has 4 aromatic rings. The van der Waals surface area contributed by atoms with E-state index in [1.165, 1.54) is 0 Å². The van der Waals surface area contributed by atoms with Crippen LogP contribution in [0.3, 0.4) is 0 Å². The summed E-state index contributed by atoms with van der Waals surface area (Å²) in [5.74, 6) is 2.06. The molecule has 0 fully saturated rings. The molecule has 2 aromatic carbocycles. The van der Waals surface area contributed by atoms with Crippen LogP contribution < -0.4 is 5.32 Å². The van der Waals surface area contributed by atoms with Crippen LogP contribution in [0.2, 0.25) is 0 Å². The lowest BCUT2D eigenvalue weighted by Crippen LogP contribution is -2.18. The van der Waals surface area contributed by atoms with E-state index in [-0.39, 0.29) is 0 Å². The minimum absolute atomic E-state index is 0.717. The lowest BCUT2D eigenvalue weighted by Gasteiger charge is -2.06. The molecule has 0 radical (unpaired) electrons. The lowest BCUT2D eigenvalue weighted by molar-refractivity contribution is 0.611. The maximum Gasteiger partial charge on any atom is 0.123 e. The highest BCUT2D eigenvalue weighted by Crippen LogP contribution is 2.15. The van der Waals surface area contributed by atoms with Gasteiger partial charge in [0.2, 0.25) is 0 Å². The van der Waals surface area contributed by atoms with Crippen LogP contribution in [0.15, 0.2) is 48.5 Å². The summed E-state index contributed by atoms with van der Waals surface area (Å²) >= 11 is 0. The average Bonchev–Trinajstić information content (AvgIpc) is 3.07. The number of aromatic nitrogens is 4. The maximum atomic E-state index is 4.68. The van der Waals surface area contributed by atoms with Gasteiger partial charge in [0.25, 0.3) is 0 Å². The van der Waals surface area contributed by atoms with E-state index >= 15 is 0 Å². The SMILES string of the molecule is Cn1c(CNCc2nc3ccccc3n2C)nc2ccccc21. The topological polar surface area (TPSA) is 47.7 Å². The van der Waals surface area contributed by atoms with Crippen LogP contribution in [0.4, 0.5) is 0 Å². The zero-order valence-electron chi connectivity index (χ0n) is 13.3. The predicted molar refractivity (Wildman–Crippen MR) is 92.0 cm³/mol. The van der Waals surface area contributed by atoms with Gasteiger partial charge in [0, 0.05) is 14.1 Å². The van der Waals surface area contributed by atoms with Gasteiger partial charge in [-0.3, -0.25) is 0 Å². The van der Waals surface area contributed by atoms with Gasteiger partial charge >= 0.3 is 0 Å². The zero-order chi connectivity index (χ0) is 15.8. The van der Waals surface area contributed by atoms with Gasteiger partial charge in [-0.2, -0.15) is 0 Å². The molecular formula is C18H19N5. The normalized spacial score (nSPS) is 11.6. The van der Waals surface area contributed by atoms with Crippen LogP contribution in [0.1, 0.15) is 11.6 Å². The van der Waals surface area contributed by atoms with Gasteiger partial charge in [-0.25, -0.2) is 9.97 Å². The molecule has 23 heavy (non-hydrogen) atoms. The summed E-state index contributed by atoms with van der Waals surface area (Å²) in [5, 5.41) is 3.45. The van der Waals surface area contributed by atoms with E-state index in [1.807, 2.05) is 36.4 Å². The molecule has 0 atom stereocenters. The van der Waals surface area contributed by atoms with E-state index in [9.17, 15) is 0 Å². The van der Waals surface area contributed by atoms with E-state index in [0.717, 1.165) is 33.7 Å². The number of rotatable bonds is 4. The van der Waals surface area contributed by atoms with Crippen LogP contribution in [-0.4, -0.2) is 19.1 Å². The first-order valence-electron chi connectivity index (χ1n) is 7.75. The van der Waals surface area contributed by atoms with Crippen molar-refractivity contribution in [1.29, 1.82) is 0 Å². The van der Waals surface area contributed by atoms with Crippen LogP contribution >= 0.6 is 0 Å². The van der Waals surface area contributed by atoms with Crippen molar-refractivity contribution in [1.82, 2.24) is 24.4 Å². The molecule has 5 heteroatoms. The van der Waals surface area contributed by atoms with Gasteiger partial charge in [0.05, 0.1) is 35.2 Å². The summed E-state index contributed by atoms with van der Waals surface area (Å²) < 4.78 is 4.27. The van der Waals surface area contributed by atoms with Crippen LogP contribution in [0.5, 0.6) is 0 Å². The van der Waals surface area contributed by atoms with Crippen molar-refractivity contribution in [3.05, 3.63) is 60.2 Å². The van der Waals surface area contributed by atoms with Crippen LogP contribution in [0, 0.1) is 0 Å². The van der Waals surface area contributed by atoms with E-state index in [4.69, 9.17) is 0 Å². The Morgan fingerprint density at radius 1 is 0.739 bits per heavy atom. The highest BCUT2D eigenvalue weighted by atomic mass is 15.1. The number of hydrogen-bond donors (Lipinski definition) is 1. The molecule has 0 aliphatic heterocycles. The molecule has 0 amide bonds. The monoisotopic (exact) mass is 305 g/mol. The Morgan fingerprint density at radius 3 is 1.61 bits per heavy atom. The Balaban J connectivity index is 1.52. The Labute approximate surface area is 134 Å². The average molecular weight is 305 g/mol. The van der Waals surface area contributed by atoms with Gasteiger partial charge in [-0.15, -0.1) is 0 Å². The summed E-state index contributed by atoms with van der Waals surface area (Å²) in [6.07, 6.45) is 0. The highest BCUT2D eigenvalue weighted by Gasteiger charge is 2.09. The Morgan fingerprint density at radius 2 is 1.17 bits per heavy atom. The van der Waals surface area contributed by atoms with Crippen LogP contribution in [0.25, 0.3) is 22.1 Å². The van der Waals surface area contributed by atoms with Crippen molar-refractivity contribution in [3.63, 3.8) is 0 Å². The summed E-state index contributed by atoms with van der Waals surface area (Å²) in [6, 6.07) is 16.4. The molecule has 0 spiro atoms. The Bertz CT molecular complexity index is 900. The van der Waals surface area contributed by atoms with Gasteiger partial charge in [-0.1, -0.05) is 24.3 Å². The first-order valence-corrected chi connectivity index (χ1v) is 7.75. The molecular weight excluding hydrogens is 286 g/mol. The molecule has 116 valence electrons. The van der Waals surface area contributed by atoms with Gasteiger partial charge < -0.3 is 14.5 Å². The summed E-state index contributed by atoms with van der Waals surface area (Å²) in [7, 11) is 4.11. The molecule has 4 rings (SSSR count). The largest absolute Gasteiger partial charge is 0.330 e. The Hall–Kier alpha value is -2.66. The summed E-state index contributed by atoms with van der Waals surface area (Å²) in [6.45, 7) is 1.43. The standard InChI is InChI=1S/C18H19N5/c1-22-15-9-5-3-7-13(15)20-17(22)11-19-12-18-21-14-8-4-6-10-16(14)23(18)2/h3-10,19H,11-12H2,1-2H3. The number of para-hydroxylation sites is 4.